The van der Waals surface area contributed by atoms with Gasteiger partial charge in [0.25, 0.3) is 5.91 Å². The molecule has 0 saturated carbocycles. The van der Waals surface area contributed by atoms with Gasteiger partial charge in [0.15, 0.2) is 0 Å². The molecule has 1 heterocycles. The lowest BCUT2D eigenvalue weighted by Gasteiger charge is -2.13. The first kappa shape index (κ1) is 9.21. The fourth-order valence-corrected chi connectivity index (χ4v) is 1.88. The molecule has 1 aliphatic heterocycles. The van der Waals surface area contributed by atoms with Gasteiger partial charge in [0.2, 0.25) is 0 Å². The van der Waals surface area contributed by atoms with Crippen LogP contribution in [0.5, 0.6) is 0 Å². The molecule has 0 unspecified atom stereocenters. The molecule has 0 atom stereocenters. The Kier molecular flexibility index (Phi) is 2.25. The van der Waals surface area contributed by atoms with Gasteiger partial charge < -0.3 is 10.6 Å². The van der Waals surface area contributed by atoms with E-state index in [0.717, 1.165) is 17.7 Å². The first-order chi connectivity index (χ1) is 6.74. The fraction of sp³-hybridized carbons (Fsp3) is 0.364. The van der Waals surface area contributed by atoms with Gasteiger partial charge in [-0.2, -0.15) is 0 Å². The molecule has 0 saturated heterocycles. The van der Waals surface area contributed by atoms with Crippen molar-refractivity contribution in [1.29, 1.82) is 0 Å². The largest absolute Gasteiger partial charge is 0.333 e. The van der Waals surface area contributed by atoms with Crippen LogP contribution in [0.2, 0.25) is 0 Å². The van der Waals surface area contributed by atoms with Crippen molar-refractivity contribution in [3.8, 4) is 0 Å². The number of nitrogens with zero attached hydrogens (tertiary/aromatic N) is 1. The molecule has 3 heteroatoms. The third-order valence-corrected chi connectivity index (χ3v) is 2.68. The Labute approximate surface area is 83.5 Å². The van der Waals surface area contributed by atoms with E-state index in [4.69, 9.17) is 5.73 Å². The maximum atomic E-state index is 11.8. The molecule has 0 aliphatic carbocycles. The summed E-state index contributed by atoms with van der Waals surface area (Å²) in [5, 5.41) is 0. The predicted molar refractivity (Wildman–Crippen MR) is 55.0 cm³/mol. The van der Waals surface area contributed by atoms with Crippen molar-refractivity contribution in [3.63, 3.8) is 0 Å². The number of amides is 1. The molecular weight excluding hydrogens is 176 g/mol. The highest BCUT2D eigenvalue weighted by Crippen LogP contribution is 2.24. The SMILES string of the molecule is Cc1cccc2c1CN(CCN)C2=O. The Morgan fingerprint density at radius 2 is 2.29 bits per heavy atom. The minimum Gasteiger partial charge on any atom is -0.333 e. The zero-order valence-corrected chi connectivity index (χ0v) is 8.29. The smallest absolute Gasteiger partial charge is 0.254 e. The van der Waals surface area contributed by atoms with Crippen molar-refractivity contribution in [2.24, 2.45) is 5.73 Å². The molecule has 0 radical (unpaired) electrons. The zero-order valence-electron chi connectivity index (χ0n) is 8.29. The van der Waals surface area contributed by atoms with Crippen LogP contribution in [-0.2, 0) is 6.54 Å². The molecule has 0 bridgehead atoms. The molecule has 0 fully saturated rings. The molecule has 1 amide bonds. The van der Waals surface area contributed by atoms with Crippen LogP contribution in [0.15, 0.2) is 18.2 Å². The van der Waals surface area contributed by atoms with Crippen molar-refractivity contribution in [2.75, 3.05) is 13.1 Å². The fourth-order valence-electron chi connectivity index (χ4n) is 1.88. The highest BCUT2D eigenvalue weighted by Gasteiger charge is 2.27. The van der Waals surface area contributed by atoms with E-state index in [-0.39, 0.29) is 5.91 Å². The molecule has 0 spiro atoms. The summed E-state index contributed by atoms with van der Waals surface area (Å²) in [6.07, 6.45) is 0. The average Bonchev–Trinajstić information content (AvgIpc) is 2.48. The number of nitrogens with two attached hydrogens (primary N) is 1. The second kappa shape index (κ2) is 3.42. The second-order valence-corrected chi connectivity index (χ2v) is 3.62. The van der Waals surface area contributed by atoms with Crippen LogP contribution in [0.25, 0.3) is 0 Å². The van der Waals surface area contributed by atoms with Gasteiger partial charge in [0, 0.05) is 25.2 Å². The molecule has 1 aromatic rings. The highest BCUT2D eigenvalue weighted by atomic mass is 16.2. The van der Waals surface area contributed by atoms with E-state index in [1.165, 1.54) is 5.56 Å². The maximum Gasteiger partial charge on any atom is 0.254 e. The summed E-state index contributed by atoms with van der Waals surface area (Å²) in [5.41, 5.74) is 8.64. The molecular formula is C11H14N2O. The van der Waals surface area contributed by atoms with E-state index in [9.17, 15) is 4.79 Å². The van der Waals surface area contributed by atoms with Crippen LogP contribution >= 0.6 is 0 Å². The quantitative estimate of drug-likeness (QED) is 0.753. The van der Waals surface area contributed by atoms with Gasteiger partial charge >= 0.3 is 0 Å². The lowest BCUT2D eigenvalue weighted by atomic mass is 10.1. The van der Waals surface area contributed by atoms with Gasteiger partial charge in [0.05, 0.1) is 0 Å². The standard InChI is InChI=1S/C11H14N2O/c1-8-3-2-4-9-10(8)7-13(6-5-12)11(9)14/h2-4H,5-7,12H2,1H3. The van der Waals surface area contributed by atoms with Gasteiger partial charge in [-0.25, -0.2) is 0 Å². The molecule has 0 aromatic heterocycles. The van der Waals surface area contributed by atoms with Crippen LogP contribution in [0.4, 0.5) is 0 Å². The van der Waals surface area contributed by atoms with E-state index < -0.39 is 0 Å². The van der Waals surface area contributed by atoms with Crippen LogP contribution in [0, 0.1) is 6.92 Å². The molecule has 1 aromatic carbocycles. The number of carbonyl (C=O) groups is 1. The average molecular weight is 190 g/mol. The maximum absolute atomic E-state index is 11.8. The number of rotatable bonds is 2. The molecule has 3 nitrogen and oxygen atoms in total. The summed E-state index contributed by atoms with van der Waals surface area (Å²) < 4.78 is 0. The summed E-state index contributed by atoms with van der Waals surface area (Å²) in [5.74, 6) is 0.120. The predicted octanol–water partition coefficient (Wildman–Crippen LogP) is 0.910. The zero-order chi connectivity index (χ0) is 10.1. The summed E-state index contributed by atoms with van der Waals surface area (Å²) in [6.45, 7) is 3.93. The third-order valence-electron chi connectivity index (χ3n) is 2.68. The number of aryl methyl sites for hydroxylation is 1. The van der Waals surface area contributed by atoms with Gasteiger partial charge in [-0.15, -0.1) is 0 Å². The van der Waals surface area contributed by atoms with Gasteiger partial charge in [0.1, 0.15) is 0 Å². The van der Waals surface area contributed by atoms with Gasteiger partial charge in [-0.05, 0) is 24.1 Å². The highest BCUT2D eigenvalue weighted by molar-refractivity contribution is 5.98. The topological polar surface area (TPSA) is 46.3 Å². The Morgan fingerprint density at radius 1 is 1.50 bits per heavy atom. The van der Waals surface area contributed by atoms with Gasteiger partial charge in [-0.3, -0.25) is 4.79 Å². The molecule has 2 rings (SSSR count). The second-order valence-electron chi connectivity index (χ2n) is 3.62. The van der Waals surface area contributed by atoms with Crippen LogP contribution < -0.4 is 5.73 Å². The Balaban J connectivity index is 2.35. The minimum atomic E-state index is 0.120. The van der Waals surface area contributed by atoms with E-state index in [1.807, 2.05) is 25.1 Å². The number of carbonyl (C=O) groups excluding carboxylic acids is 1. The molecule has 14 heavy (non-hydrogen) atoms. The van der Waals surface area contributed by atoms with Crippen molar-refractivity contribution < 1.29 is 4.79 Å². The summed E-state index contributed by atoms with van der Waals surface area (Å²) in [6, 6.07) is 5.86. The number of benzene rings is 1. The van der Waals surface area contributed by atoms with Crippen molar-refractivity contribution >= 4 is 5.91 Å². The monoisotopic (exact) mass is 190 g/mol. The minimum absolute atomic E-state index is 0.120. The molecule has 74 valence electrons. The van der Waals surface area contributed by atoms with Crippen LogP contribution in [-0.4, -0.2) is 23.9 Å². The summed E-state index contributed by atoms with van der Waals surface area (Å²) in [4.78, 5) is 13.6. The number of fused-ring (bicyclic) bond motifs is 1. The first-order valence-electron chi connectivity index (χ1n) is 4.82. The van der Waals surface area contributed by atoms with E-state index in [0.29, 0.717) is 13.1 Å². The summed E-state index contributed by atoms with van der Waals surface area (Å²) in [7, 11) is 0. The number of hydrogen-bond donors (Lipinski definition) is 1. The third kappa shape index (κ3) is 1.30. The van der Waals surface area contributed by atoms with E-state index >= 15 is 0 Å². The van der Waals surface area contributed by atoms with Crippen molar-refractivity contribution in [2.45, 2.75) is 13.5 Å². The Hall–Kier alpha value is -1.35. The van der Waals surface area contributed by atoms with Crippen molar-refractivity contribution in [3.05, 3.63) is 34.9 Å². The Morgan fingerprint density at radius 3 is 2.93 bits per heavy atom. The van der Waals surface area contributed by atoms with E-state index in [2.05, 4.69) is 0 Å². The molecule has 2 N–H and O–H groups in total. The lowest BCUT2D eigenvalue weighted by molar-refractivity contribution is 0.0783. The van der Waals surface area contributed by atoms with Crippen LogP contribution in [0.1, 0.15) is 21.5 Å². The van der Waals surface area contributed by atoms with Gasteiger partial charge in [-0.1, -0.05) is 12.1 Å². The normalized spacial score (nSPS) is 14.7. The number of hydrogen-bond acceptors (Lipinski definition) is 2. The summed E-state index contributed by atoms with van der Waals surface area (Å²) >= 11 is 0. The van der Waals surface area contributed by atoms with Crippen LogP contribution in [0.3, 0.4) is 0 Å². The first-order valence-corrected chi connectivity index (χ1v) is 4.82. The van der Waals surface area contributed by atoms with Crippen molar-refractivity contribution in [1.82, 2.24) is 4.90 Å². The Bertz CT molecular complexity index is 374. The molecule has 1 aliphatic rings. The van der Waals surface area contributed by atoms with E-state index in [1.54, 1.807) is 4.90 Å². The lowest BCUT2D eigenvalue weighted by Crippen LogP contribution is -2.29.